The third-order valence-corrected chi connectivity index (χ3v) is 5.28. The molecule has 0 aliphatic rings. The maximum atomic E-state index is 10.7. The lowest BCUT2D eigenvalue weighted by Gasteiger charge is -2.16. The molecule has 0 bridgehead atoms. The average Bonchev–Trinajstić information content (AvgIpc) is 2.99. The Balaban J connectivity index is 1.59. The first-order valence-corrected chi connectivity index (χ1v) is 9.74. The van der Waals surface area contributed by atoms with Crippen molar-refractivity contribution in [3.63, 3.8) is 0 Å². The fourth-order valence-electron chi connectivity index (χ4n) is 3.47. The van der Waals surface area contributed by atoms with E-state index in [0.717, 1.165) is 33.2 Å². The second-order valence-electron chi connectivity index (χ2n) is 6.70. The van der Waals surface area contributed by atoms with Gasteiger partial charge in [0.25, 0.3) is 0 Å². The van der Waals surface area contributed by atoms with Crippen LogP contribution in [0.3, 0.4) is 0 Å². The fourth-order valence-corrected chi connectivity index (χ4v) is 3.81. The van der Waals surface area contributed by atoms with Crippen molar-refractivity contribution in [1.29, 1.82) is 0 Å². The standard InChI is InChI=1S/C22H20Cl2N2O2/c1-28-18-6-4-16(5-7-18)25-12-17(27)13-26-21-8-2-14(23)10-19(21)20-11-15(24)3-9-22(20)26/h2-11,17,25,27H,12-13H2,1H3/t17-/m0/s1. The van der Waals surface area contributed by atoms with Crippen molar-refractivity contribution >= 4 is 50.7 Å². The van der Waals surface area contributed by atoms with Crippen molar-refractivity contribution in [3.05, 3.63) is 70.7 Å². The van der Waals surface area contributed by atoms with E-state index < -0.39 is 6.10 Å². The van der Waals surface area contributed by atoms with Gasteiger partial charge in [-0.15, -0.1) is 0 Å². The predicted octanol–water partition coefficient (Wildman–Crippen LogP) is 5.58. The smallest absolute Gasteiger partial charge is 0.119 e. The lowest BCUT2D eigenvalue weighted by Crippen LogP contribution is -2.24. The largest absolute Gasteiger partial charge is 0.497 e. The minimum absolute atomic E-state index is 0.425. The number of halogens is 2. The average molecular weight is 415 g/mol. The third kappa shape index (κ3) is 3.76. The van der Waals surface area contributed by atoms with Gasteiger partial charge in [-0.1, -0.05) is 23.2 Å². The van der Waals surface area contributed by atoms with Crippen LogP contribution >= 0.6 is 23.2 Å². The molecule has 0 fully saturated rings. The molecule has 1 atom stereocenters. The predicted molar refractivity (Wildman–Crippen MR) is 117 cm³/mol. The van der Waals surface area contributed by atoms with Gasteiger partial charge in [0.2, 0.25) is 0 Å². The molecule has 6 heteroatoms. The van der Waals surface area contributed by atoms with Crippen molar-refractivity contribution in [2.24, 2.45) is 0 Å². The van der Waals surface area contributed by atoms with Crippen LogP contribution in [0, 0.1) is 0 Å². The summed E-state index contributed by atoms with van der Waals surface area (Å²) in [5, 5.41) is 17.3. The van der Waals surface area contributed by atoms with Gasteiger partial charge < -0.3 is 19.7 Å². The number of fused-ring (bicyclic) bond motifs is 3. The molecule has 4 nitrogen and oxygen atoms in total. The van der Waals surface area contributed by atoms with E-state index in [0.29, 0.717) is 23.1 Å². The van der Waals surface area contributed by atoms with Crippen LogP contribution in [0.4, 0.5) is 5.69 Å². The van der Waals surface area contributed by atoms with E-state index in [1.54, 1.807) is 7.11 Å². The number of methoxy groups -OCH3 is 1. The third-order valence-electron chi connectivity index (χ3n) is 4.81. The molecule has 4 rings (SSSR count). The maximum absolute atomic E-state index is 10.7. The molecule has 0 aliphatic carbocycles. The zero-order valence-corrected chi connectivity index (χ0v) is 16.8. The molecule has 0 aliphatic heterocycles. The first-order valence-electron chi connectivity index (χ1n) is 8.98. The summed E-state index contributed by atoms with van der Waals surface area (Å²) < 4.78 is 7.27. The van der Waals surface area contributed by atoms with Crippen LogP contribution in [-0.2, 0) is 6.54 Å². The van der Waals surface area contributed by atoms with Gasteiger partial charge in [-0.25, -0.2) is 0 Å². The molecular formula is C22H20Cl2N2O2. The van der Waals surface area contributed by atoms with Gasteiger partial charge in [0.05, 0.1) is 19.8 Å². The van der Waals surface area contributed by atoms with E-state index in [9.17, 15) is 5.11 Å². The van der Waals surface area contributed by atoms with E-state index in [1.807, 2.05) is 60.7 Å². The van der Waals surface area contributed by atoms with E-state index in [4.69, 9.17) is 27.9 Å². The number of hydrogen-bond donors (Lipinski definition) is 2. The minimum atomic E-state index is -0.577. The number of anilines is 1. The van der Waals surface area contributed by atoms with Gasteiger partial charge in [0.15, 0.2) is 0 Å². The topological polar surface area (TPSA) is 46.4 Å². The van der Waals surface area contributed by atoms with Crippen LogP contribution in [0.5, 0.6) is 5.75 Å². The summed E-state index contributed by atoms with van der Waals surface area (Å²) in [6, 6.07) is 19.2. The van der Waals surface area contributed by atoms with Crippen molar-refractivity contribution in [2.75, 3.05) is 19.0 Å². The van der Waals surface area contributed by atoms with Gasteiger partial charge in [-0.2, -0.15) is 0 Å². The lowest BCUT2D eigenvalue weighted by atomic mass is 10.1. The van der Waals surface area contributed by atoms with Crippen LogP contribution in [0.1, 0.15) is 0 Å². The van der Waals surface area contributed by atoms with Crippen molar-refractivity contribution < 1.29 is 9.84 Å². The summed E-state index contributed by atoms with van der Waals surface area (Å²) >= 11 is 12.4. The number of rotatable bonds is 6. The number of aromatic nitrogens is 1. The molecule has 28 heavy (non-hydrogen) atoms. The van der Waals surface area contributed by atoms with E-state index in [1.165, 1.54) is 0 Å². The van der Waals surface area contributed by atoms with Crippen LogP contribution in [-0.4, -0.2) is 29.4 Å². The molecule has 1 aromatic heterocycles. The number of aliphatic hydroxyl groups is 1. The number of benzene rings is 3. The van der Waals surface area contributed by atoms with Gasteiger partial charge in [0, 0.05) is 44.1 Å². The van der Waals surface area contributed by atoms with Gasteiger partial charge in [0.1, 0.15) is 5.75 Å². The Kier molecular flexibility index (Phi) is 5.36. The van der Waals surface area contributed by atoms with Crippen LogP contribution in [0.25, 0.3) is 21.8 Å². The Labute approximate surface area is 173 Å². The van der Waals surface area contributed by atoms with Crippen molar-refractivity contribution in [3.8, 4) is 5.75 Å². The molecule has 4 aromatic rings. The van der Waals surface area contributed by atoms with Gasteiger partial charge in [-0.3, -0.25) is 0 Å². The number of ether oxygens (including phenoxy) is 1. The number of hydrogen-bond acceptors (Lipinski definition) is 3. The Morgan fingerprint density at radius 1 is 0.929 bits per heavy atom. The second-order valence-corrected chi connectivity index (χ2v) is 7.57. The zero-order chi connectivity index (χ0) is 19.7. The quantitative estimate of drug-likeness (QED) is 0.432. The molecule has 0 radical (unpaired) electrons. The fraction of sp³-hybridized carbons (Fsp3) is 0.182. The summed E-state index contributed by atoms with van der Waals surface area (Å²) in [6.45, 7) is 0.876. The summed E-state index contributed by atoms with van der Waals surface area (Å²) in [4.78, 5) is 0. The highest BCUT2D eigenvalue weighted by molar-refractivity contribution is 6.33. The Morgan fingerprint density at radius 2 is 1.50 bits per heavy atom. The zero-order valence-electron chi connectivity index (χ0n) is 15.3. The lowest BCUT2D eigenvalue weighted by molar-refractivity contribution is 0.169. The van der Waals surface area contributed by atoms with Gasteiger partial charge in [-0.05, 0) is 60.7 Å². The molecule has 0 amide bonds. The highest BCUT2D eigenvalue weighted by atomic mass is 35.5. The van der Waals surface area contributed by atoms with Crippen molar-refractivity contribution in [1.82, 2.24) is 4.57 Å². The molecule has 0 spiro atoms. The van der Waals surface area contributed by atoms with Crippen LogP contribution < -0.4 is 10.1 Å². The maximum Gasteiger partial charge on any atom is 0.119 e. The van der Waals surface area contributed by atoms with E-state index >= 15 is 0 Å². The van der Waals surface area contributed by atoms with Crippen LogP contribution in [0.15, 0.2) is 60.7 Å². The molecule has 144 valence electrons. The minimum Gasteiger partial charge on any atom is -0.497 e. The number of nitrogens with one attached hydrogen (secondary N) is 1. The van der Waals surface area contributed by atoms with Crippen LogP contribution in [0.2, 0.25) is 10.0 Å². The highest BCUT2D eigenvalue weighted by Gasteiger charge is 2.14. The number of aliphatic hydroxyl groups excluding tert-OH is 1. The second kappa shape index (κ2) is 7.92. The molecule has 0 saturated carbocycles. The first kappa shape index (κ1) is 18.9. The van der Waals surface area contributed by atoms with Crippen molar-refractivity contribution in [2.45, 2.75) is 12.6 Å². The Morgan fingerprint density at radius 3 is 2.04 bits per heavy atom. The first-order chi connectivity index (χ1) is 13.5. The Hall–Kier alpha value is -2.40. The molecule has 3 aromatic carbocycles. The molecule has 0 saturated heterocycles. The van der Waals surface area contributed by atoms with E-state index in [-0.39, 0.29) is 0 Å². The SMILES string of the molecule is COc1ccc(NC[C@H](O)Cn2c3ccc(Cl)cc3c3cc(Cl)ccc32)cc1. The molecule has 2 N–H and O–H groups in total. The highest BCUT2D eigenvalue weighted by Crippen LogP contribution is 2.33. The van der Waals surface area contributed by atoms with E-state index in [2.05, 4.69) is 9.88 Å². The summed E-state index contributed by atoms with van der Waals surface area (Å²) in [5.41, 5.74) is 2.97. The molecule has 1 heterocycles. The summed E-state index contributed by atoms with van der Waals surface area (Å²) in [5.74, 6) is 0.800. The Bertz CT molecular complexity index is 1060. The van der Waals surface area contributed by atoms with Gasteiger partial charge >= 0.3 is 0 Å². The molecule has 0 unspecified atom stereocenters. The monoisotopic (exact) mass is 414 g/mol. The normalized spacial score (nSPS) is 12.4. The summed E-state index contributed by atoms with van der Waals surface area (Å²) in [6.07, 6.45) is -0.577. The number of nitrogens with zero attached hydrogens (tertiary/aromatic N) is 1. The summed E-state index contributed by atoms with van der Waals surface area (Å²) in [7, 11) is 1.64. The molecular weight excluding hydrogens is 395 g/mol.